The van der Waals surface area contributed by atoms with Crippen molar-refractivity contribution in [1.82, 2.24) is 38.3 Å². The van der Waals surface area contributed by atoms with Gasteiger partial charge < -0.3 is 49.2 Å². The second-order valence-corrected chi connectivity index (χ2v) is 53.9. The molecule has 3 aliphatic heterocycles. The number of nitrogens with one attached hydrogen (secondary N) is 5. The Morgan fingerprint density at radius 2 is 0.750 bits per heavy atom. The van der Waals surface area contributed by atoms with Gasteiger partial charge in [-0.2, -0.15) is 12.9 Å². The average molecular weight is 1880 g/mol. The summed E-state index contributed by atoms with van der Waals surface area (Å²) >= 11 is 1.95. The van der Waals surface area contributed by atoms with Gasteiger partial charge in [0.1, 0.15) is 43.6 Å². The van der Waals surface area contributed by atoms with E-state index in [9.17, 15) is 75.1 Å². The maximum Gasteiger partial charge on any atom is 0.331 e. The number of carboxylic acid groups (broad SMARTS) is 1. The van der Waals surface area contributed by atoms with Gasteiger partial charge in [0, 0.05) is 115 Å². The number of benzene rings is 4. The molecular formula is C78H117N9O22S9Si2. The molecule has 7 aromatic rings. The Kier molecular flexibility index (Phi) is 37.5. The number of aliphatic hydroxyl groups excluding tert-OH is 1. The minimum absolute atomic E-state index is 0. The number of rotatable bonds is 34. The number of likely N-dealkylation sites (N-methyl/N-ethyl adjacent to an activating group) is 3. The summed E-state index contributed by atoms with van der Waals surface area (Å²) in [6.07, 6.45) is -1.95. The molecule has 6 heterocycles. The van der Waals surface area contributed by atoms with Gasteiger partial charge in [-0.25, -0.2) is 69.9 Å². The van der Waals surface area contributed by atoms with Gasteiger partial charge >= 0.3 is 5.97 Å². The highest BCUT2D eigenvalue weighted by Gasteiger charge is 2.54. The summed E-state index contributed by atoms with van der Waals surface area (Å²) in [5, 5.41) is 36.9. The van der Waals surface area contributed by atoms with Gasteiger partial charge in [0.05, 0.1) is 0 Å². The second kappa shape index (κ2) is 43.8. The van der Waals surface area contributed by atoms with E-state index in [0.717, 1.165) is 27.7 Å². The smallest absolute Gasteiger partial charge is 0.331 e. The number of hydrogen-bond donors (Lipinski definition) is 8. The Hall–Kier alpha value is -6.00. The first-order valence-corrected chi connectivity index (χ1v) is 53.6. The van der Waals surface area contributed by atoms with E-state index in [0.29, 0.717) is 116 Å². The number of carboxylic acids is 1. The molecule has 2 amide bonds. The van der Waals surface area contributed by atoms with Gasteiger partial charge in [0.25, 0.3) is 78.6 Å². The average Bonchev–Trinajstić information content (AvgIpc) is 1.17. The van der Waals surface area contributed by atoms with Crippen molar-refractivity contribution in [3.8, 4) is 0 Å². The zero-order valence-electron chi connectivity index (χ0n) is 69.5. The van der Waals surface area contributed by atoms with Crippen LogP contribution in [0.15, 0.2) is 165 Å². The monoisotopic (exact) mass is 1880 g/mol. The molecule has 42 heteroatoms. The molecule has 0 spiro atoms. The predicted octanol–water partition coefficient (Wildman–Crippen LogP) is 6.59. The number of methoxy groups -OCH3 is 3. The summed E-state index contributed by atoms with van der Waals surface area (Å²) in [6, 6.07) is 42.6. The third-order valence-electron chi connectivity index (χ3n) is 19.7. The highest BCUT2D eigenvalue weighted by atomic mass is 32.3. The maximum absolute atomic E-state index is 13.6. The van der Waals surface area contributed by atoms with Crippen molar-refractivity contribution in [3.05, 3.63) is 156 Å². The van der Waals surface area contributed by atoms with Crippen LogP contribution in [0.3, 0.4) is 0 Å². The highest BCUT2D eigenvalue weighted by Crippen LogP contribution is 2.45. The van der Waals surface area contributed by atoms with Crippen LogP contribution in [0.4, 0.5) is 0 Å². The lowest BCUT2D eigenvalue weighted by molar-refractivity contribution is -0.144. The quantitative estimate of drug-likeness (QED) is 0.0156. The van der Waals surface area contributed by atoms with Crippen LogP contribution >= 0.6 is 34.0 Å². The van der Waals surface area contributed by atoms with E-state index in [1.807, 2.05) is 118 Å². The molecule has 31 nitrogen and oxygen atoms in total. The van der Waals surface area contributed by atoms with Crippen molar-refractivity contribution in [2.45, 2.75) is 182 Å². The lowest BCUT2D eigenvalue weighted by Gasteiger charge is -2.44. The molecular weight excluding hydrogens is 1760 g/mol. The second-order valence-electron chi connectivity index (χ2n) is 30.2. The number of sulfonamides is 6. The van der Waals surface area contributed by atoms with E-state index in [1.165, 1.54) is 38.2 Å². The number of aliphatic hydroxyl groups is 1. The van der Waals surface area contributed by atoms with Crippen molar-refractivity contribution in [3.63, 3.8) is 0 Å². The molecule has 4 aromatic carbocycles. The first-order valence-electron chi connectivity index (χ1n) is 38.5. The molecule has 9 N–H and O–H groups in total. The van der Waals surface area contributed by atoms with Crippen LogP contribution in [0.2, 0.25) is 10.1 Å². The van der Waals surface area contributed by atoms with Crippen molar-refractivity contribution >= 4 is 149 Å². The van der Waals surface area contributed by atoms with Crippen molar-refractivity contribution in [2.75, 3.05) is 100 Å². The number of ether oxygens (including phenoxy) is 3. The Morgan fingerprint density at radius 1 is 0.483 bits per heavy atom. The zero-order chi connectivity index (χ0) is 88.5. The van der Waals surface area contributed by atoms with Gasteiger partial charge in [0.2, 0.25) is 10.0 Å². The predicted molar refractivity (Wildman–Crippen MR) is 472 cm³/mol. The van der Waals surface area contributed by atoms with Gasteiger partial charge in [-0.05, 0) is 109 Å². The van der Waals surface area contributed by atoms with E-state index in [1.54, 1.807) is 32.8 Å². The Morgan fingerprint density at radius 3 is 1.00 bits per heavy atom. The molecule has 0 bridgehead atoms. The number of primary sulfonamides is 1. The van der Waals surface area contributed by atoms with Crippen LogP contribution in [0, 0.1) is 0 Å². The molecule has 0 unspecified atom stereocenters. The number of fused-ring (bicyclic) bond motifs is 3. The van der Waals surface area contributed by atoms with E-state index in [4.69, 9.17) is 28.2 Å². The van der Waals surface area contributed by atoms with Crippen LogP contribution < -0.4 is 51.3 Å². The normalized spacial score (nSPS) is 18.2. The first-order chi connectivity index (χ1) is 55.7. The van der Waals surface area contributed by atoms with Crippen LogP contribution in [-0.4, -0.2) is 226 Å². The summed E-state index contributed by atoms with van der Waals surface area (Å²) < 4.78 is 189. The van der Waals surface area contributed by atoms with Crippen LogP contribution in [-0.2, 0) is 97.6 Å². The molecule has 668 valence electrons. The summed E-state index contributed by atoms with van der Waals surface area (Å²) in [5.74, 6) is -2.85. The van der Waals surface area contributed by atoms with Gasteiger partial charge in [0.15, 0.2) is 0 Å². The van der Waals surface area contributed by atoms with E-state index >= 15 is 0 Å². The Bertz CT molecular complexity index is 5180. The summed E-state index contributed by atoms with van der Waals surface area (Å²) in [7, 11) is -25.5. The number of amides is 2. The maximum atomic E-state index is 13.6. The van der Waals surface area contributed by atoms with Crippen LogP contribution in [0.25, 0.3) is 0 Å². The van der Waals surface area contributed by atoms with Gasteiger partial charge in [-0.15, -0.1) is 34.0 Å². The summed E-state index contributed by atoms with van der Waals surface area (Å²) in [6.45, 7) is 27.0. The minimum atomic E-state index is -4.42. The van der Waals surface area contributed by atoms with E-state index in [2.05, 4.69) is 86.5 Å². The number of hydrogen-bond acceptors (Lipinski definition) is 27. The molecule has 0 fully saturated rings. The molecule has 3 aliphatic rings. The highest BCUT2D eigenvalue weighted by molar-refractivity contribution is 7.95. The largest absolute Gasteiger partial charge is 0.479 e. The summed E-state index contributed by atoms with van der Waals surface area (Å²) in [4.78, 5) is 36.6. The Labute approximate surface area is 723 Å². The molecule has 10 rings (SSSR count). The number of thiophene rings is 3. The lowest BCUT2D eigenvalue weighted by atomic mass is 10.1. The van der Waals surface area contributed by atoms with E-state index < -0.39 is 124 Å². The molecule has 0 saturated carbocycles. The van der Waals surface area contributed by atoms with Crippen molar-refractivity contribution < 1.29 is 98.2 Å². The van der Waals surface area contributed by atoms with Crippen LogP contribution in [0.5, 0.6) is 0 Å². The summed E-state index contributed by atoms with van der Waals surface area (Å²) in [5.41, 5.74) is 1.22. The minimum Gasteiger partial charge on any atom is -0.479 e. The molecule has 0 aliphatic carbocycles. The number of carbonyl (C=O) groups is 3. The van der Waals surface area contributed by atoms with Gasteiger partial charge in [-0.3, -0.25) is 9.59 Å². The third-order valence-corrected chi connectivity index (χ3v) is 45.6. The first kappa shape index (κ1) is 103. The Balaban J connectivity index is 0.000000259. The third kappa shape index (κ3) is 24.4. The SMILES string of the molecule is C.CCN[C@H]1CN(CCCOC)S(=O)(=O)c2sc(S(=O)(=O)NC(=O)[C@H](C)O)cc21.CCN[C@H]1CN(CCCOC)S(=O)(=O)c2sc(S(=O)(=O)NC(=O)[C@H](C)O[Si](c3ccccc3)(c3ccccc3)C(C)(C)C)cc21.CCN[C@H]1CN(CCCOC)S(=O)(=O)c2sc(S(N)(=O)=O)cc21.C[C@H](O[Si](c1ccccc1)(c1ccccc1)C(C)(C)C)C(=O)O. The van der Waals surface area contributed by atoms with Crippen LogP contribution in [0.1, 0.15) is 145 Å². The van der Waals surface area contributed by atoms with Crippen molar-refractivity contribution in [1.29, 1.82) is 0 Å². The van der Waals surface area contributed by atoms with Crippen molar-refractivity contribution in [2.24, 2.45) is 5.14 Å². The molecule has 6 atom stereocenters. The fourth-order valence-electron chi connectivity index (χ4n) is 14.0. The fraction of sp³-hybridized carbons (Fsp3) is 0.500. The topological polar surface area (TPSA) is 439 Å². The molecule has 120 heavy (non-hydrogen) atoms. The molecule has 0 saturated heterocycles. The van der Waals surface area contributed by atoms with Gasteiger partial charge in [-0.1, -0.05) is 191 Å². The fourth-order valence-corrected chi connectivity index (χ4v) is 37.5. The molecule has 3 aromatic heterocycles. The lowest BCUT2D eigenvalue weighted by Crippen LogP contribution is -2.68. The number of nitrogens with two attached hydrogens (primary N) is 1. The van der Waals surface area contributed by atoms with E-state index in [-0.39, 0.29) is 82.5 Å². The number of aliphatic carboxylic acids is 1. The zero-order valence-corrected chi connectivity index (χ0v) is 78.9. The number of carbonyl (C=O) groups excluding carboxylic acids is 2. The number of nitrogens with zero attached hydrogens (tertiary/aromatic N) is 3. The molecule has 0 radical (unpaired) electrons. The standard InChI is InChI=1S/C31H43N3O7S3Si.C19H24O3Si.C15H25N3O7S3.C12H21N3O5S3.CH4/c1-7-32-27-22-34(19-14-20-40-6)44(38,39)30-26(27)21-28(42-30)43(36,37)33-29(35)23(2)41-45(31(3,4)5,24-15-10-8-11-16-24)25-17-12-9-13-18-25;1-15(18(20)21)22-23(19(2,3)4,16-11-7-5-8-12-16)17-13-9-6-10-14-17;1-4-16-12-9-18(6-5-7-25-3)28(23,24)15-11(12)8-13(26-15)27(21,22)17-14(20)10(2)19;1-3-14-10-8-15(5-4-6-20-2)23(18,19)12-9(10)7-11(21-12)22(13,16)17;/h8-13,15-18,21,23,27,32H,7,14,19-20,22H2,1-6H3,(H,33,35);5-15H,1-4H3,(H,20,21);8,10,12,16,19H,4-7,9H2,1-3H3,(H,17,20);7,10,14H,3-6,8H2,1-2H3,(H2,13,16,17);1H4/t23-,27-;15-;10-,12-;10-;/m0000./s1.